The molecule has 0 fully saturated rings. The Morgan fingerprint density at radius 3 is 2.11 bits per heavy atom. The van der Waals surface area contributed by atoms with Gasteiger partial charge < -0.3 is 10.3 Å². The quantitative estimate of drug-likeness (QED) is 0.792. The molecular weight excluding hydrogens is 222 g/mol. The first-order valence-corrected chi connectivity index (χ1v) is 6.47. The van der Waals surface area contributed by atoms with E-state index >= 15 is 0 Å². The van der Waals surface area contributed by atoms with E-state index in [1.54, 1.807) is 6.20 Å². The van der Waals surface area contributed by atoms with Gasteiger partial charge in [-0.2, -0.15) is 0 Å². The SMILES string of the molecule is C=CNC.CC.CC.Cc1nc2ccccc2[nH]1. The Morgan fingerprint density at radius 1 is 1.17 bits per heavy atom. The lowest BCUT2D eigenvalue weighted by atomic mass is 10.3. The highest BCUT2D eigenvalue weighted by atomic mass is 14.9. The zero-order chi connectivity index (χ0) is 14.4. The van der Waals surface area contributed by atoms with Crippen molar-refractivity contribution in [1.29, 1.82) is 0 Å². The van der Waals surface area contributed by atoms with Gasteiger partial charge in [-0.3, -0.25) is 0 Å². The molecule has 0 spiro atoms. The Labute approximate surface area is 111 Å². The lowest BCUT2D eigenvalue weighted by molar-refractivity contribution is 1.11. The number of hydrogen-bond donors (Lipinski definition) is 2. The van der Waals surface area contributed by atoms with Crippen molar-refractivity contribution in [3.63, 3.8) is 0 Å². The van der Waals surface area contributed by atoms with Crippen molar-refractivity contribution in [2.75, 3.05) is 7.05 Å². The Bertz CT molecular complexity index is 372. The lowest BCUT2D eigenvalue weighted by Gasteiger charge is -1.81. The fraction of sp³-hybridized carbons (Fsp3) is 0.400. The molecular formula is C15H27N3. The van der Waals surface area contributed by atoms with Crippen LogP contribution in [0.2, 0.25) is 0 Å². The molecule has 18 heavy (non-hydrogen) atoms. The molecule has 0 radical (unpaired) electrons. The van der Waals surface area contributed by atoms with Gasteiger partial charge in [0, 0.05) is 7.05 Å². The van der Waals surface area contributed by atoms with Gasteiger partial charge in [0.1, 0.15) is 5.82 Å². The third-order valence-corrected chi connectivity index (χ3v) is 1.71. The summed E-state index contributed by atoms with van der Waals surface area (Å²) < 4.78 is 0. The average molecular weight is 249 g/mol. The number of aryl methyl sites for hydroxylation is 1. The van der Waals surface area contributed by atoms with Crippen LogP contribution in [-0.2, 0) is 0 Å². The van der Waals surface area contributed by atoms with E-state index in [0.717, 1.165) is 16.9 Å². The molecule has 0 bridgehead atoms. The maximum Gasteiger partial charge on any atom is 0.104 e. The van der Waals surface area contributed by atoms with Crippen LogP contribution >= 0.6 is 0 Å². The summed E-state index contributed by atoms with van der Waals surface area (Å²) in [6.07, 6.45) is 1.62. The van der Waals surface area contributed by atoms with Crippen LogP contribution in [-0.4, -0.2) is 17.0 Å². The van der Waals surface area contributed by atoms with Crippen molar-refractivity contribution in [3.8, 4) is 0 Å². The average Bonchev–Trinajstić information content (AvgIpc) is 2.83. The van der Waals surface area contributed by atoms with Gasteiger partial charge in [0.2, 0.25) is 0 Å². The molecule has 2 N–H and O–H groups in total. The van der Waals surface area contributed by atoms with Crippen LogP contribution in [0.15, 0.2) is 37.0 Å². The maximum atomic E-state index is 4.26. The molecule has 1 aromatic heterocycles. The molecule has 1 heterocycles. The zero-order valence-corrected chi connectivity index (χ0v) is 12.5. The summed E-state index contributed by atoms with van der Waals surface area (Å²) in [5.41, 5.74) is 2.15. The first kappa shape index (κ1) is 18.6. The van der Waals surface area contributed by atoms with E-state index in [4.69, 9.17) is 0 Å². The monoisotopic (exact) mass is 249 g/mol. The van der Waals surface area contributed by atoms with Gasteiger partial charge in [-0.05, 0) is 25.3 Å². The minimum Gasteiger partial charge on any atom is -0.394 e. The summed E-state index contributed by atoms with van der Waals surface area (Å²) in [5.74, 6) is 0.973. The van der Waals surface area contributed by atoms with E-state index in [0.29, 0.717) is 0 Å². The van der Waals surface area contributed by atoms with E-state index < -0.39 is 0 Å². The molecule has 0 saturated heterocycles. The Hall–Kier alpha value is -1.77. The Kier molecular flexibility index (Phi) is 13.7. The number of rotatable bonds is 1. The molecule has 0 amide bonds. The van der Waals surface area contributed by atoms with Gasteiger partial charge in [-0.1, -0.05) is 46.4 Å². The molecule has 0 aliphatic rings. The maximum absolute atomic E-state index is 4.26. The topological polar surface area (TPSA) is 40.7 Å². The highest BCUT2D eigenvalue weighted by Gasteiger charge is 1.93. The summed E-state index contributed by atoms with van der Waals surface area (Å²) >= 11 is 0. The van der Waals surface area contributed by atoms with Crippen molar-refractivity contribution in [2.45, 2.75) is 34.6 Å². The van der Waals surface area contributed by atoms with Gasteiger partial charge in [0.05, 0.1) is 11.0 Å². The first-order valence-electron chi connectivity index (χ1n) is 6.47. The van der Waals surface area contributed by atoms with Crippen molar-refractivity contribution in [3.05, 3.63) is 42.9 Å². The zero-order valence-electron chi connectivity index (χ0n) is 12.5. The molecule has 0 unspecified atom stereocenters. The Morgan fingerprint density at radius 2 is 1.67 bits per heavy atom. The highest BCUT2D eigenvalue weighted by Crippen LogP contribution is 2.08. The lowest BCUT2D eigenvalue weighted by Crippen LogP contribution is -1.87. The molecule has 2 rings (SSSR count). The minimum absolute atomic E-state index is 0.973. The van der Waals surface area contributed by atoms with Crippen molar-refractivity contribution < 1.29 is 0 Å². The predicted molar refractivity (Wildman–Crippen MR) is 82.8 cm³/mol. The summed E-state index contributed by atoms with van der Waals surface area (Å²) in [4.78, 5) is 7.40. The third-order valence-electron chi connectivity index (χ3n) is 1.71. The van der Waals surface area contributed by atoms with E-state index in [1.165, 1.54) is 0 Å². The highest BCUT2D eigenvalue weighted by molar-refractivity contribution is 5.74. The van der Waals surface area contributed by atoms with Crippen molar-refractivity contribution >= 4 is 11.0 Å². The second-order valence-electron chi connectivity index (χ2n) is 2.83. The molecule has 2 aromatic rings. The number of nitrogens with one attached hydrogen (secondary N) is 2. The number of fused-ring (bicyclic) bond motifs is 1. The third kappa shape index (κ3) is 7.49. The van der Waals surface area contributed by atoms with E-state index in [9.17, 15) is 0 Å². The van der Waals surface area contributed by atoms with E-state index in [2.05, 4.69) is 21.9 Å². The van der Waals surface area contributed by atoms with Gasteiger partial charge >= 0.3 is 0 Å². The second-order valence-corrected chi connectivity index (χ2v) is 2.83. The normalized spacial score (nSPS) is 7.67. The molecule has 0 aliphatic heterocycles. The summed E-state index contributed by atoms with van der Waals surface area (Å²) in [7, 11) is 1.81. The van der Waals surface area contributed by atoms with Crippen LogP contribution in [0.1, 0.15) is 33.5 Å². The van der Waals surface area contributed by atoms with Crippen molar-refractivity contribution in [1.82, 2.24) is 15.3 Å². The van der Waals surface area contributed by atoms with Gasteiger partial charge in [-0.25, -0.2) is 4.98 Å². The number of para-hydroxylation sites is 2. The molecule has 0 saturated carbocycles. The van der Waals surface area contributed by atoms with Crippen LogP contribution in [0.5, 0.6) is 0 Å². The number of nitrogens with zero attached hydrogens (tertiary/aromatic N) is 1. The fourth-order valence-electron chi connectivity index (χ4n) is 1.08. The minimum atomic E-state index is 0.973. The van der Waals surface area contributed by atoms with Crippen LogP contribution in [0.4, 0.5) is 0 Å². The van der Waals surface area contributed by atoms with Crippen molar-refractivity contribution in [2.24, 2.45) is 0 Å². The number of aromatic amines is 1. The summed E-state index contributed by atoms with van der Waals surface area (Å²) in [6, 6.07) is 8.01. The van der Waals surface area contributed by atoms with Crippen LogP contribution in [0, 0.1) is 6.92 Å². The molecule has 0 aliphatic carbocycles. The number of aromatic nitrogens is 2. The predicted octanol–water partition coefficient (Wildman–Crippen LogP) is 4.27. The smallest absolute Gasteiger partial charge is 0.104 e. The molecule has 0 atom stereocenters. The Balaban J connectivity index is 0. The number of benzene rings is 1. The summed E-state index contributed by atoms with van der Waals surface area (Å²) in [5, 5.41) is 2.69. The fourth-order valence-corrected chi connectivity index (χ4v) is 1.08. The number of imidazole rings is 1. The van der Waals surface area contributed by atoms with Gasteiger partial charge in [0.15, 0.2) is 0 Å². The molecule has 1 aromatic carbocycles. The standard InChI is InChI=1S/C8H8N2.C3H7N.2C2H6/c1-6-9-7-4-2-3-5-8(7)10-6;1-3-4-2;2*1-2/h2-5H,1H3,(H,9,10);3-4H,1H2,2H3;2*1-2H3. The summed E-state index contributed by atoms with van der Waals surface area (Å²) in [6.45, 7) is 13.3. The van der Waals surface area contributed by atoms with E-state index in [-0.39, 0.29) is 0 Å². The molecule has 3 nitrogen and oxygen atoms in total. The largest absolute Gasteiger partial charge is 0.394 e. The van der Waals surface area contributed by atoms with Gasteiger partial charge in [-0.15, -0.1) is 0 Å². The molecule has 3 heteroatoms. The van der Waals surface area contributed by atoms with Gasteiger partial charge in [0.25, 0.3) is 0 Å². The van der Waals surface area contributed by atoms with Crippen LogP contribution in [0.3, 0.4) is 0 Å². The van der Waals surface area contributed by atoms with Crippen LogP contribution in [0.25, 0.3) is 11.0 Å². The van der Waals surface area contributed by atoms with Crippen LogP contribution < -0.4 is 5.32 Å². The number of hydrogen-bond acceptors (Lipinski definition) is 2. The molecule has 102 valence electrons. The number of H-pyrrole nitrogens is 1. The first-order chi connectivity index (χ1) is 8.77. The van der Waals surface area contributed by atoms with E-state index in [1.807, 2.05) is 65.9 Å². The second kappa shape index (κ2) is 13.3.